The molecule has 0 aliphatic heterocycles. The van der Waals surface area contributed by atoms with E-state index in [0.29, 0.717) is 11.2 Å². The number of anilines is 3. The van der Waals surface area contributed by atoms with Gasteiger partial charge in [-0.05, 0) is 37.3 Å². The molecule has 0 bridgehead atoms. The highest BCUT2D eigenvalue weighted by atomic mass is 19.1. The molecule has 0 saturated heterocycles. The fraction of sp³-hybridized carbons (Fsp3) is 0.100. The highest BCUT2D eigenvalue weighted by Crippen LogP contribution is 2.25. The van der Waals surface area contributed by atoms with E-state index in [-0.39, 0.29) is 34.4 Å². The van der Waals surface area contributed by atoms with E-state index >= 15 is 0 Å². The first-order chi connectivity index (χ1) is 14.9. The van der Waals surface area contributed by atoms with Crippen LogP contribution in [0.2, 0.25) is 0 Å². The summed E-state index contributed by atoms with van der Waals surface area (Å²) in [4.78, 5) is 29.7. The molecular formula is C20H16FN9O. The fourth-order valence-electron chi connectivity index (χ4n) is 3.18. The first-order valence-electron chi connectivity index (χ1n) is 9.11. The lowest BCUT2D eigenvalue weighted by atomic mass is 10.2. The van der Waals surface area contributed by atoms with E-state index in [2.05, 4.69) is 25.3 Å². The molecule has 0 aliphatic rings. The number of nitrogen functional groups attached to an aromatic ring is 2. The molecule has 0 saturated carbocycles. The second kappa shape index (κ2) is 7.68. The molecule has 1 aromatic carbocycles. The Morgan fingerprint density at radius 2 is 2.03 bits per heavy atom. The normalized spacial score (nSPS) is 11.8. The lowest BCUT2D eigenvalue weighted by Crippen LogP contribution is -2.28. The van der Waals surface area contributed by atoms with E-state index in [1.807, 2.05) is 6.07 Å². The molecule has 10 nitrogen and oxygen atoms in total. The van der Waals surface area contributed by atoms with Crippen molar-refractivity contribution >= 4 is 28.5 Å². The molecule has 0 spiro atoms. The highest BCUT2D eigenvalue weighted by Gasteiger charge is 2.21. The van der Waals surface area contributed by atoms with Crippen LogP contribution in [0.4, 0.5) is 22.0 Å². The summed E-state index contributed by atoms with van der Waals surface area (Å²) in [5.74, 6) is -0.342. The number of rotatable bonds is 4. The molecule has 5 N–H and O–H groups in total. The summed E-state index contributed by atoms with van der Waals surface area (Å²) in [6, 6.07) is 8.43. The number of pyridine rings is 1. The third-order valence-corrected chi connectivity index (χ3v) is 4.57. The second-order valence-electron chi connectivity index (χ2n) is 6.65. The van der Waals surface area contributed by atoms with Gasteiger partial charge in [0.25, 0.3) is 5.56 Å². The van der Waals surface area contributed by atoms with Gasteiger partial charge in [0, 0.05) is 6.20 Å². The van der Waals surface area contributed by atoms with E-state index in [4.69, 9.17) is 11.5 Å². The van der Waals surface area contributed by atoms with Crippen molar-refractivity contribution in [2.24, 2.45) is 0 Å². The molecule has 3 heterocycles. The minimum atomic E-state index is -0.636. The smallest absolute Gasteiger partial charge is 0.266 e. The number of benzene rings is 1. The molecule has 0 unspecified atom stereocenters. The van der Waals surface area contributed by atoms with Gasteiger partial charge in [-0.25, -0.2) is 9.37 Å². The van der Waals surface area contributed by atoms with Crippen LogP contribution in [0, 0.1) is 17.1 Å². The molecule has 11 heteroatoms. The predicted molar refractivity (Wildman–Crippen MR) is 113 cm³/mol. The van der Waals surface area contributed by atoms with Crippen LogP contribution in [0.1, 0.15) is 24.4 Å². The zero-order valence-electron chi connectivity index (χ0n) is 16.2. The van der Waals surface area contributed by atoms with Gasteiger partial charge in [-0.15, -0.1) is 0 Å². The van der Waals surface area contributed by atoms with Crippen molar-refractivity contribution in [3.63, 3.8) is 0 Å². The molecule has 1 atom stereocenters. The molecule has 3 aromatic heterocycles. The fourth-order valence-corrected chi connectivity index (χ4v) is 3.18. The van der Waals surface area contributed by atoms with E-state index in [9.17, 15) is 14.4 Å². The highest BCUT2D eigenvalue weighted by molar-refractivity contribution is 5.78. The Labute approximate surface area is 175 Å². The SMILES string of the molecule is C[C@H](Nc1nc(N)nc(N)c1C#N)c1nc2ccc(F)cc2c(=O)n1-c1cccnc1. The third kappa shape index (κ3) is 3.58. The zero-order chi connectivity index (χ0) is 22.1. The molecule has 0 radical (unpaired) electrons. The number of nitriles is 1. The number of nitrogens with zero attached hydrogens (tertiary/aromatic N) is 6. The summed E-state index contributed by atoms with van der Waals surface area (Å²) in [6.45, 7) is 1.72. The van der Waals surface area contributed by atoms with Gasteiger partial charge in [-0.3, -0.25) is 14.3 Å². The standard InChI is InChI=1S/C20H16FN9O/c1-10(26-17-14(8-22)16(23)28-20(24)29-17)18-27-15-5-4-11(21)7-13(15)19(31)30(18)12-3-2-6-25-9-12/h2-7,9-10H,1H3,(H5,23,24,26,28,29)/t10-/m0/s1. The van der Waals surface area contributed by atoms with Crippen LogP contribution in [-0.4, -0.2) is 24.5 Å². The predicted octanol–water partition coefficient (Wildman–Crippen LogP) is 1.92. The first kappa shape index (κ1) is 19.7. The summed E-state index contributed by atoms with van der Waals surface area (Å²) in [7, 11) is 0. The Morgan fingerprint density at radius 3 is 2.74 bits per heavy atom. The number of hydrogen-bond donors (Lipinski definition) is 3. The molecule has 4 rings (SSSR count). The minimum Gasteiger partial charge on any atom is -0.382 e. The average Bonchev–Trinajstić information content (AvgIpc) is 2.74. The van der Waals surface area contributed by atoms with Crippen molar-refractivity contribution in [2.75, 3.05) is 16.8 Å². The first-order valence-corrected chi connectivity index (χ1v) is 9.11. The van der Waals surface area contributed by atoms with Crippen molar-refractivity contribution in [2.45, 2.75) is 13.0 Å². The van der Waals surface area contributed by atoms with E-state index in [0.717, 1.165) is 6.07 Å². The van der Waals surface area contributed by atoms with Crippen LogP contribution >= 0.6 is 0 Å². The Hall–Kier alpha value is -4.59. The monoisotopic (exact) mass is 417 g/mol. The molecule has 4 aromatic rings. The summed E-state index contributed by atoms with van der Waals surface area (Å²) < 4.78 is 15.1. The van der Waals surface area contributed by atoms with Gasteiger partial charge in [0.05, 0.1) is 28.8 Å². The molecule has 0 amide bonds. The van der Waals surface area contributed by atoms with Crippen molar-refractivity contribution < 1.29 is 4.39 Å². The number of nitrogens with one attached hydrogen (secondary N) is 1. The van der Waals surface area contributed by atoms with Crippen LogP contribution in [-0.2, 0) is 0 Å². The van der Waals surface area contributed by atoms with Gasteiger partial charge in [-0.2, -0.15) is 15.2 Å². The number of aromatic nitrogens is 5. The molecular weight excluding hydrogens is 401 g/mol. The van der Waals surface area contributed by atoms with Gasteiger partial charge in [0.15, 0.2) is 5.82 Å². The minimum absolute atomic E-state index is 0.0131. The zero-order valence-corrected chi connectivity index (χ0v) is 16.2. The van der Waals surface area contributed by atoms with Gasteiger partial charge < -0.3 is 16.8 Å². The molecule has 0 fully saturated rings. The number of fused-ring (bicyclic) bond motifs is 1. The maximum absolute atomic E-state index is 13.8. The molecule has 154 valence electrons. The summed E-state index contributed by atoms with van der Waals surface area (Å²) in [5.41, 5.74) is 11.7. The van der Waals surface area contributed by atoms with Crippen molar-refractivity contribution in [3.05, 3.63) is 70.3 Å². The number of nitrogens with two attached hydrogens (primary N) is 2. The van der Waals surface area contributed by atoms with Gasteiger partial charge in [0.2, 0.25) is 5.95 Å². The topological polar surface area (TPSA) is 161 Å². The quantitative estimate of drug-likeness (QED) is 0.450. The Bertz CT molecular complexity index is 1400. The molecule has 31 heavy (non-hydrogen) atoms. The maximum Gasteiger partial charge on any atom is 0.266 e. The Balaban J connectivity index is 1.92. The molecule has 0 aliphatic carbocycles. The maximum atomic E-state index is 13.8. The van der Waals surface area contributed by atoms with Crippen molar-refractivity contribution in [1.29, 1.82) is 5.26 Å². The second-order valence-corrected chi connectivity index (χ2v) is 6.65. The Kier molecular flexibility index (Phi) is 4.88. The number of hydrogen-bond acceptors (Lipinski definition) is 9. The Morgan fingerprint density at radius 1 is 1.23 bits per heavy atom. The average molecular weight is 417 g/mol. The van der Waals surface area contributed by atoms with Crippen LogP contribution in [0.15, 0.2) is 47.5 Å². The van der Waals surface area contributed by atoms with E-state index < -0.39 is 17.4 Å². The summed E-state index contributed by atoms with van der Waals surface area (Å²) >= 11 is 0. The van der Waals surface area contributed by atoms with E-state index in [1.165, 1.54) is 22.9 Å². The van der Waals surface area contributed by atoms with Crippen molar-refractivity contribution in [1.82, 2.24) is 24.5 Å². The summed E-state index contributed by atoms with van der Waals surface area (Å²) in [5, 5.41) is 12.6. The lowest BCUT2D eigenvalue weighted by molar-refractivity contribution is 0.629. The van der Waals surface area contributed by atoms with Gasteiger partial charge in [-0.1, -0.05) is 0 Å². The number of halogens is 1. The lowest BCUT2D eigenvalue weighted by Gasteiger charge is -2.20. The van der Waals surface area contributed by atoms with Crippen LogP contribution in [0.5, 0.6) is 0 Å². The largest absolute Gasteiger partial charge is 0.382 e. The van der Waals surface area contributed by atoms with E-state index in [1.54, 1.807) is 25.3 Å². The third-order valence-electron chi connectivity index (χ3n) is 4.57. The summed E-state index contributed by atoms with van der Waals surface area (Å²) in [6.07, 6.45) is 3.06. The van der Waals surface area contributed by atoms with Crippen LogP contribution in [0.25, 0.3) is 16.6 Å². The van der Waals surface area contributed by atoms with Gasteiger partial charge in [0.1, 0.15) is 29.1 Å². The van der Waals surface area contributed by atoms with Crippen LogP contribution in [0.3, 0.4) is 0 Å². The van der Waals surface area contributed by atoms with Crippen LogP contribution < -0.4 is 22.3 Å². The van der Waals surface area contributed by atoms with Gasteiger partial charge >= 0.3 is 0 Å². The van der Waals surface area contributed by atoms with Crippen molar-refractivity contribution in [3.8, 4) is 11.8 Å².